The summed E-state index contributed by atoms with van der Waals surface area (Å²) >= 11 is 0. The third kappa shape index (κ3) is 3.37. The van der Waals surface area contributed by atoms with E-state index in [1.807, 2.05) is 5.43 Å². The van der Waals surface area contributed by atoms with Crippen LogP contribution in [0.3, 0.4) is 0 Å². The quantitative estimate of drug-likeness (QED) is 0.446. The van der Waals surface area contributed by atoms with E-state index in [1.54, 1.807) is 18.2 Å². The second kappa shape index (κ2) is 5.44. The maximum absolute atomic E-state index is 10.6. The summed E-state index contributed by atoms with van der Waals surface area (Å²) in [6, 6.07) is 5.52. The number of carbonyl (C=O) groups excluding carboxylic acids is 1. The van der Waals surface area contributed by atoms with Gasteiger partial charge < -0.3 is 5.73 Å². The molecule has 0 heterocycles. The SMILES string of the molecule is NC(=O)NN=CCc1ccccc1[N+](=O)[O-]. The molecule has 0 saturated heterocycles. The van der Waals surface area contributed by atoms with Gasteiger partial charge in [-0.1, -0.05) is 18.2 Å². The van der Waals surface area contributed by atoms with Crippen LogP contribution in [0.25, 0.3) is 0 Å². The van der Waals surface area contributed by atoms with Crippen molar-refractivity contribution in [3.63, 3.8) is 0 Å². The number of hydrogen-bond acceptors (Lipinski definition) is 4. The lowest BCUT2D eigenvalue weighted by molar-refractivity contribution is -0.385. The maximum Gasteiger partial charge on any atom is 0.332 e. The first-order chi connectivity index (χ1) is 7.61. The Morgan fingerprint density at radius 3 is 2.88 bits per heavy atom. The van der Waals surface area contributed by atoms with Gasteiger partial charge in [0.25, 0.3) is 5.69 Å². The zero-order valence-electron chi connectivity index (χ0n) is 8.29. The fraction of sp³-hybridized carbons (Fsp3) is 0.111. The highest BCUT2D eigenvalue weighted by molar-refractivity contribution is 5.73. The minimum Gasteiger partial charge on any atom is -0.350 e. The van der Waals surface area contributed by atoms with Crippen LogP contribution in [-0.4, -0.2) is 17.2 Å². The van der Waals surface area contributed by atoms with Crippen LogP contribution < -0.4 is 11.2 Å². The molecule has 0 spiro atoms. The third-order valence-electron chi connectivity index (χ3n) is 1.77. The van der Waals surface area contributed by atoms with Gasteiger partial charge in [-0.05, 0) is 0 Å². The van der Waals surface area contributed by atoms with Gasteiger partial charge in [0.05, 0.1) is 4.92 Å². The molecule has 7 heteroatoms. The Morgan fingerprint density at radius 1 is 1.56 bits per heavy atom. The molecular formula is C9H10N4O3. The number of nitrogens with two attached hydrogens (primary N) is 1. The Hall–Kier alpha value is -2.44. The predicted octanol–water partition coefficient (Wildman–Crippen LogP) is 0.791. The number of urea groups is 1. The topological polar surface area (TPSA) is 111 Å². The zero-order valence-corrected chi connectivity index (χ0v) is 8.29. The number of hydrazone groups is 1. The molecule has 0 aromatic heterocycles. The molecule has 0 radical (unpaired) electrons. The van der Waals surface area contributed by atoms with Crippen LogP contribution in [-0.2, 0) is 6.42 Å². The van der Waals surface area contributed by atoms with E-state index in [0.717, 1.165) is 0 Å². The Morgan fingerprint density at radius 2 is 2.25 bits per heavy atom. The molecule has 1 aromatic rings. The van der Waals surface area contributed by atoms with E-state index in [-0.39, 0.29) is 12.1 Å². The van der Waals surface area contributed by atoms with Crippen LogP contribution in [0.5, 0.6) is 0 Å². The first-order valence-electron chi connectivity index (χ1n) is 4.40. The van der Waals surface area contributed by atoms with E-state index in [4.69, 9.17) is 5.73 Å². The second-order valence-electron chi connectivity index (χ2n) is 2.88. The number of primary amides is 1. The predicted molar refractivity (Wildman–Crippen MR) is 58.0 cm³/mol. The number of nitro benzene ring substituents is 1. The smallest absolute Gasteiger partial charge is 0.332 e. The van der Waals surface area contributed by atoms with E-state index in [9.17, 15) is 14.9 Å². The van der Waals surface area contributed by atoms with Crippen LogP contribution in [0.2, 0.25) is 0 Å². The average Bonchev–Trinajstić information content (AvgIpc) is 2.24. The van der Waals surface area contributed by atoms with Crippen molar-refractivity contribution in [2.45, 2.75) is 6.42 Å². The van der Waals surface area contributed by atoms with Crippen molar-refractivity contribution in [1.82, 2.24) is 5.43 Å². The number of carbonyl (C=O) groups is 1. The average molecular weight is 222 g/mol. The molecule has 0 atom stereocenters. The normalized spacial score (nSPS) is 10.2. The first kappa shape index (κ1) is 11.6. The van der Waals surface area contributed by atoms with Crippen molar-refractivity contribution in [1.29, 1.82) is 0 Å². The molecule has 16 heavy (non-hydrogen) atoms. The highest BCUT2D eigenvalue weighted by atomic mass is 16.6. The summed E-state index contributed by atoms with van der Waals surface area (Å²) in [4.78, 5) is 20.4. The van der Waals surface area contributed by atoms with Crippen LogP contribution in [0.15, 0.2) is 29.4 Å². The van der Waals surface area contributed by atoms with Gasteiger partial charge in [-0.15, -0.1) is 0 Å². The number of para-hydroxylation sites is 1. The van der Waals surface area contributed by atoms with Gasteiger partial charge in [-0.3, -0.25) is 10.1 Å². The lowest BCUT2D eigenvalue weighted by atomic mass is 10.1. The Labute approximate surface area is 91.1 Å². The standard InChI is InChI=1S/C9H10N4O3/c10-9(14)12-11-6-5-7-3-1-2-4-8(7)13(15)16/h1-4,6H,5H2,(H3,10,12,14). The highest BCUT2D eigenvalue weighted by Crippen LogP contribution is 2.17. The number of nitro groups is 1. The lowest BCUT2D eigenvalue weighted by Crippen LogP contribution is -2.24. The number of amides is 2. The maximum atomic E-state index is 10.6. The van der Waals surface area contributed by atoms with E-state index >= 15 is 0 Å². The summed E-state index contributed by atoms with van der Waals surface area (Å²) in [6.45, 7) is 0. The lowest BCUT2D eigenvalue weighted by Gasteiger charge is -1.98. The van der Waals surface area contributed by atoms with Gasteiger partial charge in [0.15, 0.2) is 0 Å². The molecule has 0 saturated carbocycles. The number of hydrogen-bond donors (Lipinski definition) is 2. The Kier molecular flexibility index (Phi) is 3.96. The van der Waals surface area contributed by atoms with Crippen LogP contribution in [0.1, 0.15) is 5.56 Å². The molecule has 0 aliphatic rings. The monoisotopic (exact) mass is 222 g/mol. The van der Waals surface area contributed by atoms with Crippen molar-refractivity contribution in [3.05, 3.63) is 39.9 Å². The van der Waals surface area contributed by atoms with E-state index in [0.29, 0.717) is 5.56 Å². The molecule has 7 nitrogen and oxygen atoms in total. The van der Waals surface area contributed by atoms with Crippen molar-refractivity contribution in [2.75, 3.05) is 0 Å². The summed E-state index contributed by atoms with van der Waals surface area (Å²) in [6.07, 6.45) is 1.59. The largest absolute Gasteiger partial charge is 0.350 e. The van der Waals surface area contributed by atoms with Crippen LogP contribution >= 0.6 is 0 Å². The highest BCUT2D eigenvalue weighted by Gasteiger charge is 2.10. The van der Waals surface area contributed by atoms with Crippen LogP contribution in [0, 0.1) is 10.1 Å². The minimum atomic E-state index is -0.779. The summed E-state index contributed by atoms with van der Waals surface area (Å²) in [5, 5.41) is 14.1. The molecule has 0 aliphatic carbocycles. The Balaban J connectivity index is 2.70. The zero-order chi connectivity index (χ0) is 12.0. The first-order valence-corrected chi connectivity index (χ1v) is 4.40. The number of rotatable bonds is 4. The second-order valence-corrected chi connectivity index (χ2v) is 2.88. The summed E-state index contributed by atoms with van der Waals surface area (Å²) in [5.74, 6) is 0. The molecule has 3 N–H and O–H groups in total. The van der Waals surface area contributed by atoms with E-state index < -0.39 is 11.0 Å². The third-order valence-corrected chi connectivity index (χ3v) is 1.77. The minimum absolute atomic E-state index is 0.0213. The van der Waals surface area contributed by atoms with Crippen molar-refractivity contribution < 1.29 is 9.72 Å². The molecule has 0 fully saturated rings. The fourth-order valence-electron chi connectivity index (χ4n) is 1.11. The molecule has 0 bridgehead atoms. The van der Waals surface area contributed by atoms with Crippen molar-refractivity contribution in [2.24, 2.45) is 10.8 Å². The molecular weight excluding hydrogens is 212 g/mol. The van der Waals surface area contributed by atoms with Crippen molar-refractivity contribution in [3.8, 4) is 0 Å². The van der Waals surface area contributed by atoms with Gasteiger partial charge in [0, 0.05) is 24.3 Å². The van der Waals surface area contributed by atoms with Gasteiger partial charge in [0.1, 0.15) is 0 Å². The van der Waals surface area contributed by atoms with E-state index in [1.165, 1.54) is 12.3 Å². The molecule has 84 valence electrons. The van der Waals surface area contributed by atoms with Gasteiger partial charge >= 0.3 is 6.03 Å². The number of nitrogens with one attached hydrogen (secondary N) is 1. The summed E-state index contributed by atoms with van der Waals surface area (Å²) in [5.41, 5.74) is 7.32. The molecule has 2 amide bonds. The molecule has 1 rings (SSSR count). The van der Waals surface area contributed by atoms with Crippen LogP contribution in [0.4, 0.5) is 10.5 Å². The number of nitrogens with zero attached hydrogens (tertiary/aromatic N) is 2. The van der Waals surface area contributed by atoms with Gasteiger partial charge in [0.2, 0.25) is 0 Å². The molecule has 0 aliphatic heterocycles. The molecule has 1 aromatic carbocycles. The van der Waals surface area contributed by atoms with E-state index in [2.05, 4.69) is 5.10 Å². The summed E-state index contributed by atoms with van der Waals surface area (Å²) < 4.78 is 0. The Bertz CT molecular complexity index is 431. The van der Waals surface area contributed by atoms with Gasteiger partial charge in [-0.2, -0.15) is 5.10 Å². The fourth-order valence-corrected chi connectivity index (χ4v) is 1.11. The summed E-state index contributed by atoms with van der Waals surface area (Å²) in [7, 11) is 0. The van der Waals surface area contributed by atoms with Crippen molar-refractivity contribution >= 4 is 17.9 Å². The van der Waals surface area contributed by atoms with Gasteiger partial charge in [-0.25, -0.2) is 10.2 Å². The number of benzene rings is 1. The molecule has 0 unspecified atom stereocenters.